The van der Waals surface area contributed by atoms with Crippen LogP contribution >= 0.6 is 11.3 Å². The molecule has 0 fully saturated rings. The second kappa shape index (κ2) is 4.71. The van der Waals surface area contributed by atoms with Crippen molar-refractivity contribution in [2.24, 2.45) is 0 Å². The van der Waals surface area contributed by atoms with Gasteiger partial charge in [-0.15, -0.1) is 11.3 Å². The Hall–Kier alpha value is -1.67. The zero-order chi connectivity index (χ0) is 10.5. The summed E-state index contributed by atoms with van der Waals surface area (Å²) >= 11 is 1.75. The smallest absolute Gasteiger partial charge is 0.142 e. The van der Waals surface area contributed by atoms with Crippen LogP contribution in [0.3, 0.4) is 0 Å². The van der Waals surface area contributed by atoms with E-state index in [1.165, 1.54) is 21.0 Å². The number of hydrogen-bond acceptors (Lipinski definition) is 2. The minimum absolute atomic E-state index is 0.773. The van der Waals surface area contributed by atoms with Gasteiger partial charge in [-0.25, -0.2) is 0 Å². The Kier molecular flexibility index (Phi) is 3.10. The minimum Gasteiger partial charge on any atom is -0.299 e. The summed E-state index contributed by atoms with van der Waals surface area (Å²) in [5.74, 6) is 0. The van der Waals surface area contributed by atoms with Crippen LogP contribution in [-0.2, 0) is 4.79 Å². The fourth-order valence-electron chi connectivity index (χ4n) is 1.34. The summed E-state index contributed by atoms with van der Waals surface area (Å²) in [7, 11) is 0. The van der Waals surface area contributed by atoms with Crippen LogP contribution in [-0.4, -0.2) is 6.29 Å². The van der Waals surface area contributed by atoms with Crippen molar-refractivity contribution < 1.29 is 4.79 Å². The molecule has 0 bridgehead atoms. The molecule has 15 heavy (non-hydrogen) atoms. The first-order valence-corrected chi connectivity index (χ1v) is 5.49. The number of hydrogen-bond donors (Lipinski definition) is 0. The highest BCUT2D eigenvalue weighted by Crippen LogP contribution is 2.25. The Morgan fingerprint density at radius 2 is 1.93 bits per heavy atom. The lowest BCUT2D eigenvalue weighted by Crippen LogP contribution is -1.58. The summed E-state index contributed by atoms with van der Waals surface area (Å²) in [5.41, 5.74) is 0. The van der Waals surface area contributed by atoms with Gasteiger partial charge in [0.05, 0.1) is 0 Å². The summed E-state index contributed by atoms with van der Waals surface area (Å²) in [4.78, 5) is 11.2. The second-order valence-corrected chi connectivity index (χ2v) is 4.18. The number of fused-ring (bicyclic) bond motifs is 1. The van der Waals surface area contributed by atoms with Crippen molar-refractivity contribution in [3.8, 4) is 0 Å². The minimum atomic E-state index is 0.773. The molecule has 2 heteroatoms. The Bertz CT molecular complexity index is 487. The fourth-order valence-corrected chi connectivity index (χ4v) is 2.32. The van der Waals surface area contributed by atoms with Crippen LogP contribution in [0.5, 0.6) is 0 Å². The van der Waals surface area contributed by atoms with Gasteiger partial charge in [-0.1, -0.05) is 30.4 Å². The summed E-state index contributed by atoms with van der Waals surface area (Å²) < 4.78 is 1.29. The van der Waals surface area contributed by atoms with Gasteiger partial charge in [0.25, 0.3) is 0 Å². The number of carbonyl (C=O) groups is 1. The van der Waals surface area contributed by atoms with E-state index in [0.29, 0.717) is 0 Å². The molecule has 2 aromatic rings. The standard InChI is InChI=1S/C13H10OS/c14-9-5-1-2-7-12-10-11-6-3-4-8-13(11)15-12/h1-10H/b5-1+,7-2+. The molecule has 0 unspecified atom stereocenters. The van der Waals surface area contributed by atoms with Gasteiger partial charge in [0.2, 0.25) is 0 Å². The first-order valence-electron chi connectivity index (χ1n) is 4.67. The lowest BCUT2D eigenvalue weighted by molar-refractivity contribution is -0.104. The third kappa shape index (κ3) is 2.42. The maximum absolute atomic E-state index is 10.0. The van der Waals surface area contributed by atoms with E-state index >= 15 is 0 Å². The zero-order valence-corrected chi connectivity index (χ0v) is 8.91. The molecule has 0 spiro atoms. The normalized spacial score (nSPS) is 11.7. The van der Waals surface area contributed by atoms with E-state index in [9.17, 15) is 4.79 Å². The zero-order valence-electron chi connectivity index (χ0n) is 8.09. The van der Waals surface area contributed by atoms with Crippen LogP contribution in [0, 0.1) is 0 Å². The third-order valence-corrected chi connectivity index (χ3v) is 3.09. The predicted octanol–water partition coefficient (Wildman–Crippen LogP) is 3.67. The number of thiophene rings is 1. The third-order valence-electron chi connectivity index (χ3n) is 2.01. The lowest BCUT2D eigenvalue weighted by atomic mass is 10.2. The number of rotatable bonds is 3. The second-order valence-electron chi connectivity index (χ2n) is 3.07. The van der Waals surface area contributed by atoms with Gasteiger partial charge in [-0.3, -0.25) is 4.79 Å². The summed E-state index contributed by atoms with van der Waals surface area (Å²) in [5, 5.41) is 1.27. The van der Waals surface area contributed by atoms with Crippen molar-refractivity contribution in [1.29, 1.82) is 0 Å². The maximum atomic E-state index is 10.0. The number of aldehydes is 1. The van der Waals surface area contributed by atoms with E-state index in [4.69, 9.17) is 0 Å². The Balaban J connectivity index is 2.25. The SMILES string of the molecule is O=C/C=C/C=C/c1cc2ccccc2s1. The maximum Gasteiger partial charge on any atom is 0.142 e. The molecular formula is C13H10OS. The van der Waals surface area contributed by atoms with E-state index in [0.717, 1.165) is 6.29 Å². The lowest BCUT2D eigenvalue weighted by Gasteiger charge is -1.82. The molecule has 0 aliphatic rings. The van der Waals surface area contributed by atoms with Gasteiger partial charge >= 0.3 is 0 Å². The number of carbonyl (C=O) groups excluding carboxylic acids is 1. The fraction of sp³-hybridized carbons (Fsp3) is 0. The largest absolute Gasteiger partial charge is 0.299 e. The summed E-state index contributed by atoms with van der Waals surface area (Å²) in [6, 6.07) is 10.4. The van der Waals surface area contributed by atoms with Crippen molar-refractivity contribution in [2.75, 3.05) is 0 Å². The van der Waals surface area contributed by atoms with Crippen LogP contribution < -0.4 is 0 Å². The van der Waals surface area contributed by atoms with Crippen LogP contribution in [0.1, 0.15) is 4.88 Å². The molecule has 0 aliphatic carbocycles. The van der Waals surface area contributed by atoms with E-state index in [-0.39, 0.29) is 0 Å². The van der Waals surface area contributed by atoms with Crippen molar-refractivity contribution in [2.45, 2.75) is 0 Å². The molecule has 0 atom stereocenters. The van der Waals surface area contributed by atoms with E-state index in [1.54, 1.807) is 17.4 Å². The summed E-state index contributed by atoms with van der Waals surface area (Å²) in [6.07, 6.45) is 7.86. The van der Waals surface area contributed by atoms with Gasteiger partial charge in [0.15, 0.2) is 0 Å². The molecule has 0 aliphatic heterocycles. The molecule has 1 aromatic carbocycles. The van der Waals surface area contributed by atoms with Crippen molar-refractivity contribution in [3.63, 3.8) is 0 Å². The topological polar surface area (TPSA) is 17.1 Å². The first kappa shape index (κ1) is 9.87. The number of allylic oxidation sites excluding steroid dienone is 3. The molecule has 0 saturated heterocycles. The molecular weight excluding hydrogens is 204 g/mol. The van der Waals surface area contributed by atoms with Gasteiger partial charge in [-0.05, 0) is 29.7 Å². The van der Waals surface area contributed by atoms with Gasteiger partial charge in [0, 0.05) is 9.58 Å². The van der Waals surface area contributed by atoms with Crippen LogP contribution in [0.25, 0.3) is 16.2 Å². The Morgan fingerprint density at radius 3 is 2.73 bits per heavy atom. The molecule has 0 N–H and O–H groups in total. The number of benzene rings is 1. The average molecular weight is 214 g/mol. The molecule has 74 valence electrons. The highest BCUT2D eigenvalue weighted by Gasteiger charge is 1.96. The molecule has 1 nitrogen and oxygen atoms in total. The molecule has 0 saturated carbocycles. The molecule has 2 rings (SSSR count). The predicted molar refractivity (Wildman–Crippen MR) is 66.1 cm³/mol. The van der Waals surface area contributed by atoms with Crippen LogP contribution in [0.2, 0.25) is 0 Å². The molecule has 1 heterocycles. The highest BCUT2D eigenvalue weighted by molar-refractivity contribution is 7.19. The monoisotopic (exact) mass is 214 g/mol. The quantitative estimate of drug-likeness (QED) is 0.433. The molecule has 1 aromatic heterocycles. The van der Waals surface area contributed by atoms with Gasteiger partial charge in [-0.2, -0.15) is 0 Å². The van der Waals surface area contributed by atoms with Crippen molar-refractivity contribution in [1.82, 2.24) is 0 Å². The van der Waals surface area contributed by atoms with Gasteiger partial charge < -0.3 is 0 Å². The van der Waals surface area contributed by atoms with Crippen molar-refractivity contribution >= 4 is 33.8 Å². The highest BCUT2D eigenvalue weighted by atomic mass is 32.1. The Labute approximate surface area is 92.4 Å². The molecule has 0 radical (unpaired) electrons. The molecule has 0 amide bonds. The van der Waals surface area contributed by atoms with E-state index in [1.807, 2.05) is 24.3 Å². The van der Waals surface area contributed by atoms with Crippen LogP contribution in [0.15, 0.2) is 48.6 Å². The van der Waals surface area contributed by atoms with Gasteiger partial charge in [0.1, 0.15) is 6.29 Å². The first-order chi connectivity index (χ1) is 7.40. The average Bonchev–Trinajstić information content (AvgIpc) is 2.67. The van der Waals surface area contributed by atoms with E-state index in [2.05, 4.69) is 18.2 Å². The summed E-state index contributed by atoms with van der Waals surface area (Å²) in [6.45, 7) is 0. The van der Waals surface area contributed by atoms with Crippen LogP contribution in [0.4, 0.5) is 0 Å². The Morgan fingerprint density at radius 1 is 1.07 bits per heavy atom. The van der Waals surface area contributed by atoms with E-state index < -0.39 is 0 Å². The van der Waals surface area contributed by atoms with Crippen molar-refractivity contribution in [3.05, 3.63) is 53.4 Å².